The fourth-order valence-corrected chi connectivity index (χ4v) is 15.6. The van der Waals surface area contributed by atoms with Crippen molar-refractivity contribution >= 4 is 16.6 Å². The summed E-state index contributed by atoms with van der Waals surface area (Å²) in [4.78, 5) is 0. The highest BCUT2D eigenvalue weighted by molar-refractivity contribution is 6.77. The van der Waals surface area contributed by atoms with Gasteiger partial charge >= 0.3 is 0 Å². The molecule has 0 saturated carbocycles. The summed E-state index contributed by atoms with van der Waals surface area (Å²) in [5.74, 6) is 0. The van der Waals surface area contributed by atoms with Gasteiger partial charge in [0.2, 0.25) is 0 Å². The lowest BCUT2D eigenvalue weighted by molar-refractivity contribution is -0.0198. The van der Waals surface area contributed by atoms with Gasteiger partial charge in [0.1, 0.15) is 0 Å². The van der Waals surface area contributed by atoms with Gasteiger partial charge in [0.05, 0.1) is 11.2 Å². The van der Waals surface area contributed by atoms with E-state index in [9.17, 15) is 0 Å². The molecule has 0 radical (unpaired) electrons. The molecule has 0 aromatic carbocycles. The first-order valence-electron chi connectivity index (χ1n) is 14.9. The van der Waals surface area contributed by atoms with Gasteiger partial charge in [-0.15, -0.1) is 0 Å². The minimum Gasteiger partial charge on any atom is -0.412 e. The largest absolute Gasteiger partial charge is 0.412 e. The average Bonchev–Trinajstić information content (AvgIpc) is 2.79. The van der Waals surface area contributed by atoms with Crippen molar-refractivity contribution < 1.29 is 8.85 Å². The standard InChI is InChI=1S/C29H66N2O2Si2/c1-14-21-28(10,29(18-5,19-6)34(11,12)32-27(9,16-3)17-4)33-35(13,26(7,8)15-2)25-20-23-31-24-22-30/h31H,14-25,30H2,1-13H3. The summed E-state index contributed by atoms with van der Waals surface area (Å²) in [6, 6.07) is 1.18. The Labute approximate surface area is 223 Å². The predicted molar refractivity (Wildman–Crippen MR) is 163 cm³/mol. The molecule has 0 saturated heterocycles. The Balaban J connectivity index is 6.57. The summed E-state index contributed by atoms with van der Waals surface area (Å²) in [6.45, 7) is 33.9. The van der Waals surface area contributed by atoms with Crippen LogP contribution in [0.4, 0.5) is 0 Å². The molecule has 0 aromatic rings. The zero-order chi connectivity index (χ0) is 27.6. The molecular weight excluding hydrogens is 465 g/mol. The molecular formula is C29H66N2O2Si2. The van der Waals surface area contributed by atoms with E-state index in [-0.39, 0.29) is 21.3 Å². The first-order chi connectivity index (χ1) is 16.1. The van der Waals surface area contributed by atoms with Gasteiger partial charge in [-0.05, 0) is 89.6 Å². The van der Waals surface area contributed by atoms with Crippen molar-refractivity contribution in [1.29, 1.82) is 0 Å². The highest BCUT2D eigenvalue weighted by Crippen LogP contribution is 2.61. The highest BCUT2D eigenvalue weighted by Gasteiger charge is 2.61. The fraction of sp³-hybridized carbons (Fsp3) is 1.00. The third-order valence-electron chi connectivity index (χ3n) is 10.2. The van der Waals surface area contributed by atoms with E-state index in [1.54, 1.807) is 0 Å². The van der Waals surface area contributed by atoms with Gasteiger partial charge in [0.15, 0.2) is 16.6 Å². The number of nitrogens with two attached hydrogens (primary N) is 1. The lowest BCUT2D eigenvalue weighted by atomic mass is 9.80. The smallest absolute Gasteiger partial charge is 0.196 e. The molecule has 6 heteroatoms. The zero-order valence-corrected chi connectivity index (χ0v) is 28.4. The minimum atomic E-state index is -2.18. The molecule has 0 bridgehead atoms. The van der Waals surface area contributed by atoms with Gasteiger partial charge < -0.3 is 19.9 Å². The van der Waals surface area contributed by atoms with Gasteiger partial charge in [-0.3, -0.25) is 0 Å². The Kier molecular flexibility index (Phi) is 14.5. The SMILES string of the molecule is CCCC(C)(O[Si](C)(CCCNCCN)C(C)(C)CC)C(CC)(CC)[Si](C)(C)OC(C)(CC)CC. The van der Waals surface area contributed by atoms with Crippen LogP contribution in [-0.4, -0.2) is 47.5 Å². The number of rotatable bonds is 20. The highest BCUT2D eigenvalue weighted by atomic mass is 28.4. The normalized spacial score (nSPS) is 17.3. The second-order valence-corrected chi connectivity index (χ2v) is 21.5. The Morgan fingerprint density at radius 3 is 1.69 bits per heavy atom. The Morgan fingerprint density at radius 2 is 1.29 bits per heavy atom. The molecule has 2 unspecified atom stereocenters. The third kappa shape index (κ3) is 8.13. The molecule has 35 heavy (non-hydrogen) atoms. The maximum Gasteiger partial charge on any atom is 0.196 e. The predicted octanol–water partition coefficient (Wildman–Crippen LogP) is 8.63. The van der Waals surface area contributed by atoms with Crippen molar-refractivity contribution in [2.75, 3.05) is 19.6 Å². The van der Waals surface area contributed by atoms with E-state index in [4.69, 9.17) is 14.6 Å². The first-order valence-corrected chi connectivity index (χ1v) is 20.4. The van der Waals surface area contributed by atoms with Crippen molar-refractivity contribution in [2.45, 2.75) is 168 Å². The molecule has 2 atom stereocenters. The van der Waals surface area contributed by atoms with Gasteiger partial charge in [0.25, 0.3) is 0 Å². The molecule has 0 heterocycles. The Hall–Kier alpha value is 0.274. The second kappa shape index (κ2) is 14.4. The zero-order valence-electron chi connectivity index (χ0n) is 26.4. The fourth-order valence-electron chi connectivity index (χ4n) is 6.64. The molecule has 0 spiro atoms. The molecule has 0 rings (SSSR count). The Morgan fingerprint density at radius 1 is 0.743 bits per heavy atom. The van der Waals surface area contributed by atoms with Crippen LogP contribution in [0.2, 0.25) is 35.8 Å². The van der Waals surface area contributed by atoms with E-state index in [0.29, 0.717) is 6.54 Å². The van der Waals surface area contributed by atoms with Gasteiger partial charge in [0, 0.05) is 18.1 Å². The van der Waals surface area contributed by atoms with E-state index >= 15 is 0 Å². The third-order valence-corrected chi connectivity index (χ3v) is 20.2. The van der Waals surface area contributed by atoms with Crippen LogP contribution in [-0.2, 0) is 8.85 Å². The van der Waals surface area contributed by atoms with E-state index in [0.717, 1.165) is 64.5 Å². The maximum atomic E-state index is 7.78. The van der Waals surface area contributed by atoms with Crippen LogP contribution in [0.15, 0.2) is 0 Å². The molecule has 0 aliphatic rings. The van der Waals surface area contributed by atoms with E-state index in [1.165, 1.54) is 6.04 Å². The van der Waals surface area contributed by atoms with Crippen LogP contribution in [0, 0.1) is 0 Å². The maximum absolute atomic E-state index is 7.78. The molecule has 0 fully saturated rings. The monoisotopic (exact) mass is 530 g/mol. The number of nitrogens with one attached hydrogen (secondary N) is 1. The molecule has 0 amide bonds. The van der Waals surface area contributed by atoms with Crippen molar-refractivity contribution in [3.8, 4) is 0 Å². The van der Waals surface area contributed by atoms with Crippen LogP contribution in [0.25, 0.3) is 0 Å². The van der Waals surface area contributed by atoms with Gasteiger partial charge in [-0.25, -0.2) is 0 Å². The lowest BCUT2D eigenvalue weighted by Gasteiger charge is -2.60. The van der Waals surface area contributed by atoms with Crippen LogP contribution < -0.4 is 11.1 Å². The van der Waals surface area contributed by atoms with E-state index < -0.39 is 16.6 Å². The molecule has 212 valence electrons. The van der Waals surface area contributed by atoms with Crippen molar-refractivity contribution in [1.82, 2.24) is 5.32 Å². The second-order valence-electron chi connectivity index (χ2n) is 12.8. The molecule has 0 aliphatic heterocycles. The van der Waals surface area contributed by atoms with Crippen molar-refractivity contribution in [3.63, 3.8) is 0 Å². The molecule has 4 nitrogen and oxygen atoms in total. The summed E-state index contributed by atoms with van der Waals surface area (Å²) in [6.07, 6.45) is 8.87. The number of hydrogen-bond acceptors (Lipinski definition) is 4. The van der Waals surface area contributed by atoms with Gasteiger partial charge in [-0.1, -0.05) is 68.2 Å². The molecule has 0 aliphatic carbocycles. The summed E-state index contributed by atoms with van der Waals surface area (Å²) >= 11 is 0. The topological polar surface area (TPSA) is 56.5 Å². The summed E-state index contributed by atoms with van der Waals surface area (Å²) in [5, 5.41) is 3.77. The van der Waals surface area contributed by atoms with Crippen LogP contribution >= 0.6 is 0 Å². The van der Waals surface area contributed by atoms with E-state index in [2.05, 4.69) is 94.2 Å². The summed E-state index contributed by atoms with van der Waals surface area (Å²) in [5.41, 5.74) is 5.45. The van der Waals surface area contributed by atoms with Crippen molar-refractivity contribution in [2.24, 2.45) is 5.73 Å². The van der Waals surface area contributed by atoms with Crippen LogP contribution in [0.1, 0.15) is 121 Å². The summed E-state index contributed by atoms with van der Waals surface area (Å²) < 4.78 is 15.1. The number of hydrogen-bond donors (Lipinski definition) is 2. The minimum absolute atomic E-state index is 0.0531. The van der Waals surface area contributed by atoms with Crippen LogP contribution in [0.5, 0.6) is 0 Å². The molecule has 3 N–H and O–H groups in total. The van der Waals surface area contributed by atoms with Crippen molar-refractivity contribution in [3.05, 3.63) is 0 Å². The lowest BCUT2D eigenvalue weighted by Crippen LogP contribution is -2.64. The average molecular weight is 531 g/mol. The Bertz CT molecular complexity index is 591. The van der Waals surface area contributed by atoms with Gasteiger partial charge in [-0.2, -0.15) is 0 Å². The molecule has 0 aromatic heterocycles. The quantitative estimate of drug-likeness (QED) is 0.122. The first kappa shape index (κ1) is 35.3. The van der Waals surface area contributed by atoms with Crippen LogP contribution in [0.3, 0.4) is 0 Å². The van der Waals surface area contributed by atoms with E-state index in [1.807, 2.05) is 0 Å². The summed E-state index contributed by atoms with van der Waals surface area (Å²) in [7, 11) is -4.29.